The zero-order valence-electron chi connectivity index (χ0n) is 11.4. The Bertz CT molecular complexity index is 782. The van der Waals surface area contributed by atoms with Crippen LogP contribution in [0.5, 0.6) is 0 Å². The van der Waals surface area contributed by atoms with E-state index in [9.17, 15) is 4.79 Å². The monoisotopic (exact) mass is 283 g/mol. The van der Waals surface area contributed by atoms with E-state index in [-0.39, 0.29) is 18.3 Å². The minimum atomic E-state index is -0.390. The first-order valence-electron chi connectivity index (χ1n) is 6.60. The Morgan fingerprint density at radius 2 is 2.05 bits per heavy atom. The number of hydrogen-bond acceptors (Lipinski definition) is 6. The second-order valence-corrected chi connectivity index (χ2v) is 4.38. The molecule has 6 heteroatoms. The Balaban J connectivity index is 1.85. The lowest BCUT2D eigenvalue weighted by atomic mass is 10.2. The number of aromatic nitrogens is 3. The van der Waals surface area contributed by atoms with Gasteiger partial charge >= 0.3 is 5.97 Å². The SMILES string of the molecule is CCOC(=O)Cc1nc(-c2ccc3ccccc3n2)no1. The van der Waals surface area contributed by atoms with Crippen LogP contribution in [0, 0.1) is 0 Å². The van der Waals surface area contributed by atoms with E-state index in [1.807, 2.05) is 36.4 Å². The molecule has 2 heterocycles. The average molecular weight is 283 g/mol. The van der Waals surface area contributed by atoms with Crippen molar-refractivity contribution in [2.24, 2.45) is 0 Å². The van der Waals surface area contributed by atoms with Gasteiger partial charge in [-0.2, -0.15) is 4.98 Å². The van der Waals surface area contributed by atoms with Crippen molar-refractivity contribution >= 4 is 16.9 Å². The van der Waals surface area contributed by atoms with E-state index in [1.165, 1.54) is 0 Å². The maximum atomic E-state index is 11.4. The lowest BCUT2D eigenvalue weighted by molar-refractivity contribution is -0.142. The maximum absolute atomic E-state index is 11.4. The van der Waals surface area contributed by atoms with Gasteiger partial charge < -0.3 is 9.26 Å². The van der Waals surface area contributed by atoms with Gasteiger partial charge in [0, 0.05) is 5.39 Å². The molecule has 0 aliphatic carbocycles. The van der Waals surface area contributed by atoms with Gasteiger partial charge in [0.25, 0.3) is 0 Å². The first-order valence-corrected chi connectivity index (χ1v) is 6.60. The zero-order chi connectivity index (χ0) is 14.7. The Morgan fingerprint density at radius 3 is 2.90 bits per heavy atom. The quantitative estimate of drug-likeness (QED) is 0.684. The van der Waals surface area contributed by atoms with Crippen LogP contribution in [0.1, 0.15) is 12.8 Å². The molecular weight excluding hydrogens is 270 g/mol. The van der Waals surface area contributed by atoms with Crippen molar-refractivity contribution in [2.45, 2.75) is 13.3 Å². The fraction of sp³-hybridized carbons (Fsp3) is 0.200. The van der Waals surface area contributed by atoms with Crippen LogP contribution < -0.4 is 0 Å². The summed E-state index contributed by atoms with van der Waals surface area (Å²) in [6, 6.07) is 11.5. The Hall–Kier alpha value is -2.76. The summed E-state index contributed by atoms with van der Waals surface area (Å²) in [6.07, 6.45) is -0.0333. The number of carbonyl (C=O) groups is 1. The van der Waals surface area contributed by atoms with E-state index < -0.39 is 0 Å². The molecule has 0 radical (unpaired) electrons. The van der Waals surface area contributed by atoms with Crippen molar-refractivity contribution in [3.63, 3.8) is 0 Å². The number of nitrogens with zero attached hydrogens (tertiary/aromatic N) is 3. The smallest absolute Gasteiger partial charge is 0.315 e. The molecule has 0 saturated carbocycles. The average Bonchev–Trinajstić information content (AvgIpc) is 2.95. The predicted octanol–water partition coefficient (Wildman–Crippen LogP) is 2.39. The summed E-state index contributed by atoms with van der Waals surface area (Å²) < 4.78 is 9.88. The van der Waals surface area contributed by atoms with E-state index in [4.69, 9.17) is 9.26 Å². The maximum Gasteiger partial charge on any atom is 0.315 e. The summed E-state index contributed by atoms with van der Waals surface area (Å²) >= 11 is 0. The highest BCUT2D eigenvalue weighted by atomic mass is 16.5. The number of hydrogen-bond donors (Lipinski definition) is 0. The van der Waals surface area contributed by atoms with Gasteiger partial charge in [0.2, 0.25) is 11.7 Å². The number of pyridine rings is 1. The van der Waals surface area contributed by atoms with Gasteiger partial charge in [-0.15, -0.1) is 0 Å². The third-order valence-corrected chi connectivity index (χ3v) is 2.90. The highest BCUT2D eigenvalue weighted by Gasteiger charge is 2.14. The molecule has 0 spiro atoms. The summed E-state index contributed by atoms with van der Waals surface area (Å²) in [5.41, 5.74) is 1.46. The van der Waals surface area contributed by atoms with Crippen LogP contribution in [0.2, 0.25) is 0 Å². The minimum absolute atomic E-state index is 0.0333. The molecule has 0 bridgehead atoms. The molecule has 0 aliphatic heterocycles. The van der Waals surface area contributed by atoms with Crippen LogP contribution in [-0.4, -0.2) is 27.7 Å². The Labute approximate surface area is 120 Å². The highest BCUT2D eigenvalue weighted by Crippen LogP contribution is 2.18. The van der Waals surface area contributed by atoms with E-state index in [2.05, 4.69) is 15.1 Å². The zero-order valence-corrected chi connectivity index (χ0v) is 11.4. The predicted molar refractivity (Wildman–Crippen MR) is 75.4 cm³/mol. The molecular formula is C15H13N3O3. The number of esters is 1. The molecule has 0 unspecified atom stereocenters. The molecule has 0 fully saturated rings. The molecule has 2 aromatic heterocycles. The molecule has 3 rings (SSSR count). The molecule has 3 aromatic rings. The molecule has 106 valence electrons. The molecule has 1 aromatic carbocycles. The van der Waals surface area contributed by atoms with Crippen molar-refractivity contribution in [3.8, 4) is 11.5 Å². The number of ether oxygens (including phenoxy) is 1. The topological polar surface area (TPSA) is 78.1 Å². The van der Waals surface area contributed by atoms with Crippen LogP contribution in [0.15, 0.2) is 40.9 Å². The first kappa shape index (κ1) is 13.2. The van der Waals surface area contributed by atoms with Crippen LogP contribution in [0.25, 0.3) is 22.4 Å². The molecule has 6 nitrogen and oxygen atoms in total. The molecule has 21 heavy (non-hydrogen) atoms. The normalized spacial score (nSPS) is 10.7. The molecule has 0 amide bonds. The van der Waals surface area contributed by atoms with Gasteiger partial charge in [-0.1, -0.05) is 29.4 Å². The van der Waals surface area contributed by atoms with Crippen LogP contribution in [0.3, 0.4) is 0 Å². The van der Waals surface area contributed by atoms with Crippen LogP contribution in [0.4, 0.5) is 0 Å². The largest absolute Gasteiger partial charge is 0.466 e. The van der Waals surface area contributed by atoms with Crippen molar-refractivity contribution in [1.82, 2.24) is 15.1 Å². The standard InChI is InChI=1S/C15H13N3O3/c1-2-20-14(19)9-13-17-15(18-21-13)12-8-7-10-5-3-4-6-11(10)16-12/h3-8H,2,9H2,1H3. The van der Waals surface area contributed by atoms with Crippen molar-refractivity contribution in [1.29, 1.82) is 0 Å². The van der Waals surface area contributed by atoms with E-state index in [0.29, 0.717) is 18.1 Å². The lowest BCUT2D eigenvalue weighted by Gasteiger charge is -1.98. The summed E-state index contributed by atoms with van der Waals surface area (Å²) in [5.74, 6) is 0.192. The first-order chi connectivity index (χ1) is 10.3. The third kappa shape index (κ3) is 2.89. The van der Waals surface area contributed by atoms with Crippen LogP contribution >= 0.6 is 0 Å². The van der Waals surface area contributed by atoms with Crippen molar-refractivity contribution in [3.05, 3.63) is 42.3 Å². The lowest BCUT2D eigenvalue weighted by Crippen LogP contribution is -2.07. The van der Waals surface area contributed by atoms with Gasteiger partial charge in [-0.25, -0.2) is 4.98 Å². The fourth-order valence-corrected chi connectivity index (χ4v) is 1.96. The van der Waals surface area contributed by atoms with Crippen LogP contribution in [-0.2, 0) is 16.0 Å². The van der Waals surface area contributed by atoms with Gasteiger partial charge in [-0.05, 0) is 19.1 Å². The van der Waals surface area contributed by atoms with E-state index >= 15 is 0 Å². The molecule has 0 saturated heterocycles. The van der Waals surface area contributed by atoms with Gasteiger partial charge in [0.1, 0.15) is 12.1 Å². The second kappa shape index (κ2) is 5.70. The van der Waals surface area contributed by atoms with E-state index in [0.717, 1.165) is 10.9 Å². The number of fused-ring (bicyclic) bond motifs is 1. The fourth-order valence-electron chi connectivity index (χ4n) is 1.96. The molecule has 0 atom stereocenters. The number of para-hydroxylation sites is 1. The Kier molecular flexibility index (Phi) is 3.59. The summed E-state index contributed by atoms with van der Waals surface area (Å²) in [7, 11) is 0. The van der Waals surface area contributed by atoms with E-state index in [1.54, 1.807) is 6.92 Å². The van der Waals surface area contributed by atoms with Crippen molar-refractivity contribution < 1.29 is 14.1 Å². The van der Waals surface area contributed by atoms with Gasteiger partial charge in [0.05, 0.1) is 12.1 Å². The number of benzene rings is 1. The molecule has 0 N–H and O–H groups in total. The number of rotatable bonds is 4. The minimum Gasteiger partial charge on any atom is -0.466 e. The highest BCUT2D eigenvalue weighted by molar-refractivity contribution is 5.80. The molecule has 0 aliphatic rings. The third-order valence-electron chi connectivity index (χ3n) is 2.90. The second-order valence-electron chi connectivity index (χ2n) is 4.38. The van der Waals surface area contributed by atoms with Gasteiger partial charge in [-0.3, -0.25) is 4.79 Å². The summed E-state index contributed by atoms with van der Waals surface area (Å²) in [4.78, 5) is 20.0. The summed E-state index contributed by atoms with van der Waals surface area (Å²) in [6.45, 7) is 2.07. The number of carbonyl (C=O) groups excluding carboxylic acids is 1. The van der Waals surface area contributed by atoms with Gasteiger partial charge in [0.15, 0.2) is 0 Å². The van der Waals surface area contributed by atoms with Crippen molar-refractivity contribution in [2.75, 3.05) is 6.61 Å². The Morgan fingerprint density at radius 1 is 1.19 bits per heavy atom. The summed E-state index contributed by atoms with van der Waals surface area (Å²) in [5, 5.41) is 4.89.